The zero-order chi connectivity index (χ0) is 23.7. The average molecular weight is 462 g/mol. The third kappa shape index (κ3) is 4.14. The minimum atomic E-state index is -0.562. The molecule has 3 aromatic carbocycles. The molecule has 0 aromatic heterocycles. The summed E-state index contributed by atoms with van der Waals surface area (Å²) in [5, 5.41) is 2.88. The average Bonchev–Trinajstić information content (AvgIpc) is 3.33. The van der Waals surface area contributed by atoms with Crippen LogP contribution in [-0.4, -0.2) is 25.7 Å². The molecule has 7 nitrogen and oxygen atoms in total. The van der Waals surface area contributed by atoms with Gasteiger partial charge in [-0.05, 0) is 60.5 Å². The largest absolute Gasteiger partial charge is 0.497 e. The predicted molar refractivity (Wildman–Crippen MR) is 124 cm³/mol. The molecule has 0 radical (unpaired) electrons. The molecule has 0 bridgehead atoms. The molecule has 0 unspecified atom stereocenters. The SMILES string of the molecule is COc1ccc([C@@H]2[C@@H](C(=O)Nc3ccc(F)cc3)CCC(=O)N2c2ccc3c(c2)OCO3)cc1. The van der Waals surface area contributed by atoms with Crippen molar-refractivity contribution in [1.82, 2.24) is 0 Å². The Morgan fingerprint density at radius 3 is 2.50 bits per heavy atom. The van der Waals surface area contributed by atoms with Crippen molar-refractivity contribution in [3.63, 3.8) is 0 Å². The van der Waals surface area contributed by atoms with Gasteiger partial charge in [-0.15, -0.1) is 0 Å². The number of hydrogen-bond acceptors (Lipinski definition) is 5. The number of anilines is 2. The molecule has 1 N–H and O–H groups in total. The summed E-state index contributed by atoms with van der Waals surface area (Å²) in [5.41, 5.74) is 1.91. The summed E-state index contributed by atoms with van der Waals surface area (Å²) in [6.45, 7) is 0.122. The van der Waals surface area contributed by atoms with Crippen LogP contribution in [0.5, 0.6) is 17.2 Å². The Morgan fingerprint density at radius 2 is 1.76 bits per heavy atom. The number of amides is 2. The van der Waals surface area contributed by atoms with Gasteiger partial charge >= 0.3 is 0 Å². The van der Waals surface area contributed by atoms with Crippen LogP contribution in [-0.2, 0) is 9.59 Å². The molecule has 34 heavy (non-hydrogen) atoms. The number of piperidine rings is 1. The number of benzene rings is 3. The first-order chi connectivity index (χ1) is 16.5. The van der Waals surface area contributed by atoms with E-state index in [1.54, 1.807) is 42.3 Å². The van der Waals surface area contributed by atoms with E-state index in [2.05, 4.69) is 5.32 Å². The molecule has 2 atom stereocenters. The van der Waals surface area contributed by atoms with Gasteiger partial charge in [0.25, 0.3) is 0 Å². The third-order valence-electron chi connectivity index (χ3n) is 6.14. The molecule has 2 heterocycles. The van der Waals surface area contributed by atoms with Gasteiger partial charge in [-0.25, -0.2) is 4.39 Å². The highest BCUT2D eigenvalue weighted by molar-refractivity contribution is 6.00. The van der Waals surface area contributed by atoms with E-state index in [9.17, 15) is 14.0 Å². The van der Waals surface area contributed by atoms with Crippen LogP contribution in [0.1, 0.15) is 24.4 Å². The normalized spacial score (nSPS) is 19.1. The highest BCUT2D eigenvalue weighted by Crippen LogP contribution is 2.44. The van der Waals surface area contributed by atoms with Crippen LogP contribution in [0.2, 0.25) is 0 Å². The lowest BCUT2D eigenvalue weighted by atomic mass is 9.83. The highest BCUT2D eigenvalue weighted by Gasteiger charge is 2.42. The van der Waals surface area contributed by atoms with E-state index in [4.69, 9.17) is 14.2 Å². The molecule has 0 aliphatic carbocycles. The Bertz CT molecular complexity index is 1210. The summed E-state index contributed by atoms with van der Waals surface area (Å²) in [7, 11) is 1.58. The van der Waals surface area contributed by atoms with Crippen LogP contribution in [0, 0.1) is 11.7 Å². The minimum Gasteiger partial charge on any atom is -0.497 e. The lowest BCUT2D eigenvalue weighted by molar-refractivity contribution is -0.125. The zero-order valence-electron chi connectivity index (χ0n) is 18.5. The number of nitrogens with one attached hydrogen (secondary N) is 1. The second kappa shape index (κ2) is 9.05. The maximum absolute atomic E-state index is 13.4. The number of fused-ring (bicyclic) bond motifs is 1. The van der Waals surface area contributed by atoms with Gasteiger partial charge in [0.1, 0.15) is 11.6 Å². The lowest BCUT2D eigenvalue weighted by Gasteiger charge is -2.41. The van der Waals surface area contributed by atoms with Gasteiger partial charge in [0.2, 0.25) is 18.6 Å². The molecule has 1 fully saturated rings. The Labute approximate surface area is 196 Å². The molecule has 2 aliphatic heterocycles. The second-order valence-electron chi connectivity index (χ2n) is 8.16. The number of ether oxygens (including phenoxy) is 3. The summed E-state index contributed by atoms with van der Waals surface area (Å²) < 4.78 is 29.5. The first-order valence-corrected chi connectivity index (χ1v) is 11.0. The van der Waals surface area contributed by atoms with Gasteiger partial charge in [-0.1, -0.05) is 12.1 Å². The maximum Gasteiger partial charge on any atom is 0.231 e. The molecule has 5 rings (SSSR count). The molecular formula is C26H23FN2O5. The smallest absolute Gasteiger partial charge is 0.231 e. The van der Waals surface area contributed by atoms with E-state index < -0.39 is 12.0 Å². The number of carbonyl (C=O) groups is 2. The molecule has 2 amide bonds. The molecule has 3 aromatic rings. The Kier molecular flexibility index (Phi) is 5.79. The van der Waals surface area contributed by atoms with Crippen molar-refractivity contribution in [1.29, 1.82) is 0 Å². The van der Waals surface area contributed by atoms with Crippen LogP contribution in [0.25, 0.3) is 0 Å². The molecule has 2 aliphatic rings. The fourth-order valence-electron chi connectivity index (χ4n) is 4.46. The van der Waals surface area contributed by atoms with Crippen molar-refractivity contribution in [2.45, 2.75) is 18.9 Å². The monoisotopic (exact) mass is 462 g/mol. The Balaban J connectivity index is 1.53. The summed E-state index contributed by atoms with van der Waals surface area (Å²) >= 11 is 0. The van der Waals surface area contributed by atoms with Crippen LogP contribution in [0.15, 0.2) is 66.7 Å². The van der Waals surface area contributed by atoms with Crippen molar-refractivity contribution in [2.75, 3.05) is 24.1 Å². The quantitative estimate of drug-likeness (QED) is 0.596. The fourth-order valence-corrected chi connectivity index (χ4v) is 4.46. The summed E-state index contributed by atoms with van der Waals surface area (Å²) in [4.78, 5) is 28.3. The number of methoxy groups -OCH3 is 1. The van der Waals surface area contributed by atoms with Crippen molar-refractivity contribution in [2.24, 2.45) is 5.92 Å². The fraction of sp³-hybridized carbons (Fsp3) is 0.231. The molecule has 1 saturated heterocycles. The van der Waals surface area contributed by atoms with Gasteiger partial charge in [0.05, 0.1) is 19.1 Å². The maximum atomic E-state index is 13.4. The van der Waals surface area contributed by atoms with Gasteiger partial charge in [-0.2, -0.15) is 0 Å². The van der Waals surface area contributed by atoms with E-state index in [-0.39, 0.29) is 30.8 Å². The second-order valence-corrected chi connectivity index (χ2v) is 8.16. The molecule has 0 saturated carbocycles. The van der Waals surface area contributed by atoms with E-state index >= 15 is 0 Å². The first-order valence-electron chi connectivity index (χ1n) is 11.0. The van der Waals surface area contributed by atoms with Crippen LogP contribution < -0.4 is 24.4 Å². The zero-order valence-corrected chi connectivity index (χ0v) is 18.5. The standard InChI is InChI=1S/C26H23FN2O5/c1-32-20-9-2-16(3-10-20)25-21(26(31)28-18-6-4-17(27)5-7-18)11-13-24(30)29(25)19-8-12-22-23(14-19)34-15-33-22/h2-10,12,14,21,25H,11,13,15H2,1H3,(H,28,31)/t21-,25+/m0/s1. The number of halogens is 1. The Morgan fingerprint density at radius 1 is 1.03 bits per heavy atom. The Hall–Kier alpha value is -4.07. The van der Waals surface area contributed by atoms with Crippen LogP contribution >= 0.6 is 0 Å². The minimum absolute atomic E-state index is 0.0921. The summed E-state index contributed by atoms with van der Waals surface area (Å²) in [6.07, 6.45) is 0.589. The van der Waals surface area contributed by atoms with Crippen LogP contribution in [0.3, 0.4) is 0 Å². The summed E-state index contributed by atoms with van der Waals surface area (Å²) in [5.74, 6) is 0.577. The van der Waals surface area contributed by atoms with E-state index in [0.717, 1.165) is 5.56 Å². The third-order valence-corrected chi connectivity index (χ3v) is 6.14. The molecule has 0 spiro atoms. The van der Waals surface area contributed by atoms with Crippen LogP contribution in [0.4, 0.5) is 15.8 Å². The van der Waals surface area contributed by atoms with E-state index in [1.807, 2.05) is 12.1 Å². The number of carbonyl (C=O) groups excluding carboxylic acids is 2. The van der Waals surface area contributed by atoms with Crippen molar-refractivity contribution in [3.8, 4) is 17.2 Å². The molecule has 174 valence electrons. The topological polar surface area (TPSA) is 77.1 Å². The van der Waals surface area contributed by atoms with E-state index in [1.165, 1.54) is 24.3 Å². The molecule has 8 heteroatoms. The lowest BCUT2D eigenvalue weighted by Crippen LogP contribution is -2.47. The van der Waals surface area contributed by atoms with Gasteiger partial charge in [0, 0.05) is 23.9 Å². The van der Waals surface area contributed by atoms with Crippen molar-refractivity contribution >= 4 is 23.2 Å². The first kappa shape index (κ1) is 21.8. The van der Waals surface area contributed by atoms with Gasteiger partial charge < -0.3 is 24.4 Å². The number of nitrogens with zero attached hydrogens (tertiary/aromatic N) is 1. The predicted octanol–water partition coefficient (Wildman–Crippen LogP) is 4.69. The van der Waals surface area contributed by atoms with Crippen molar-refractivity contribution < 1.29 is 28.2 Å². The summed E-state index contributed by atoms with van der Waals surface area (Å²) in [6, 6.07) is 17.7. The van der Waals surface area contributed by atoms with Crippen molar-refractivity contribution in [3.05, 3.63) is 78.1 Å². The van der Waals surface area contributed by atoms with Gasteiger partial charge in [0.15, 0.2) is 11.5 Å². The number of rotatable bonds is 5. The number of hydrogen-bond donors (Lipinski definition) is 1. The van der Waals surface area contributed by atoms with Gasteiger partial charge in [-0.3, -0.25) is 9.59 Å². The molecular weight excluding hydrogens is 439 g/mol. The van der Waals surface area contributed by atoms with E-state index in [0.29, 0.717) is 35.0 Å². The highest BCUT2D eigenvalue weighted by atomic mass is 19.1.